The van der Waals surface area contributed by atoms with Crippen LogP contribution in [0.25, 0.3) is 11.0 Å². The number of benzene rings is 1. The summed E-state index contributed by atoms with van der Waals surface area (Å²) in [6.45, 7) is 4.08. The van der Waals surface area contributed by atoms with Gasteiger partial charge >= 0.3 is 0 Å². The Labute approximate surface area is 152 Å². The quantitative estimate of drug-likeness (QED) is 0.768. The van der Waals surface area contributed by atoms with E-state index in [1.165, 1.54) is 19.3 Å². The van der Waals surface area contributed by atoms with Crippen molar-refractivity contribution >= 4 is 22.9 Å². The summed E-state index contributed by atoms with van der Waals surface area (Å²) >= 11 is 0. The molecule has 3 aromatic rings. The Hall–Kier alpha value is -2.73. The lowest BCUT2D eigenvalue weighted by molar-refractivity contribution is 0.102. The molecule has 0 spiro atoms. The summed E-state index contributed by atoms with van der Waals surface area (Å²) in [4.78, 5) is 23.7. The van der Waals surface area contributed by atoms with Crippen LogP contribution in [0.1, 0.15) is 29.8 Å². The molecule has 6 nitrogen and oxygen atoms in total. The molecule has 0 atom stereocenters. The maximum Gasteiger partial charge on any atom is 0.276 e. The van der Waals surface area contributed by atoms with Crippen LogP contribution in [0.5, 0.6) is 0 Å². The van der Waals surface area contributed by atoms with Gasteiger partial charge in [-0.3, -0.25) is 15.1 Å². The van der Waals surface area contributed by atoms with Gasteiger partial charge in [0.1, 0.15) is 5.69 Å². The van der Waals surface area contributed by atoms with Crippen molar-refractivity contribution in [2.75, 3.05) is 25.0 Å². The van der Waals surface area contributed by atoms with E-state index in [0.717, 1.165) is 37.2 Å². The third-order valence-electron chi connectivity index (χ3n) is 4.87. The van der Waals surface area contributed by atoms with E-state index in [-0.39, 0.29) is 5.91 Å². The number of fused-ring (bicyclic) bond motifs is 1. The minimum absolute atomic E-state index is 0.236. The van der Waals surface area contributed by atoms with Gasteiger partial charge in [0.15, 0.2) is 0 Å². The van der Waals surface area contributed by atoms with Crippen LogP contribution >= 0.6 is 0 Å². The summed E-state index contributed by atoms with van der Waals surface area (Å²) < 4.78 is 2.10. The van der Waals surface area contributed by atoms with E-state index >= 15 is 0 Å². The predicted molar refractivity (Wildman–Crippen MR) is 102 cm³/mol. The number of imidazole rings is 1. The minimum atomic E-state index is -0.236. The third-order valence-corrected chi connectivity index (χ3v) is 4.87. The van der Waals surface area contributed by atoms with Gasteiger partial charge in [-0.25, -0.2) is 4.98 Å². The van der Waals surface area contributed by atoms with Crippen LogP contribution in [0.3, 0.4) is 0 Å². The second-order valence-electron chi connectivity index (χ2n) is 6.65. The Balaban J connectivity index is 1.57. The highest BCUT2D eigenvalue weighted by Gasteiger charge is 2.16. The van der Waals surface area contributed by atoms with Gasteiger partial charge in [0.25, 0.3) is 5.91 Å². The number of aromatic nitrogens is 3. The highest BCUT2D eigenvalue weighted by molar-refractivity contribution is 6.02. The van der Waals surface area contributed by atoms with Gasteiger partial charge in [-0.2, -0.15) is 0 Å². The lowest BCUT2D eigenvalue weighted by Gasteiger charge is -2.26. The maximum atomic E-state index is 12.5. The molecular weight excluding hydrogens is 326 g/mol. The second-order valence-corrected chi connectivity index (χ2v) is 6.65. The number of nitrogens with zero attached hydrogens (tertiary/aromatic N) is 4. The standard InChI is InChI=1S/C20H23N5O/c26-19(17-9-4-5-11-21-17)23-20-22-16-8-2-3-10-18(16)25(20)15-14-24-12-6-1-7-13-24/h2-5,8-11H,1,6-7,12-15H2,(H,22,23,26). The smallest absolute Gasteiger partial charge is 0.276 e. The van der Waals surface area contributed by atoms with Crippen molar-refractivity contribution in [2.24, 2.45) is 0 Å². The zero-order valence-electron chi connectivity index (χ0n) is 14.8. The van der Waals surface area contributed by atoms with Crippen LogP contribution in [0.4, 0.5) is 5.95 Å². The first-order chi connectivity index (χ1) is 12.8. The van der Waals surface area contributed by atoms with Crippen molar-refractivity contribution in [1.82, 2.24) is 19.4 Å². The third kappa shape index (κ3) is 3.60. The Bertz CT molecular complexity index is 884. The number of rotatable bonds is 5. The number of hydrogen-bond donors (Lipinski definition) is 1. The average Bonchev–Trinajstić information content (AvgIpc) is 3.05. The van der Waals surface area contributed by atoms with Crippen molar-refractivity contribution in [1.29, 1.82) is 0 Å². The molecule has 1 aliphatic rings. The molecule has 0 bridgehead atoms. The molecular formula is C20H23N5O. The molecule has 0 aliphatic carbocycles. The van der Waals surface area contributed by atoms with E-state index < -0.39 is 0 Å². The van der Waals surface area contributed by atoms with Crippen LogP contribution in [-0.4, -0.2) is 45.0 Å². The molecule has 134 valence electrons. The Morgan fingerprint density at radius 2 is 1.81 bits per heavy atom. The lowest BCUT2D eigenvalue weighted by atomic mass is 10.1. The van der Waals surface area contributed by atoms with Crippen molar-refractivity contribution in [3.05, 3.63) is 54.4 Å². The van der Waals surface area contributed by atoms with Crippen molar-refractivity contribution in [3.8, 4) is 0 Å². The van der Waals surface area contributed by atoms with Gasteiger partial charge in [-0.05, 0) is 50.2 Å². The number of para-hydroxylation sites is 2. The zero-order chi connectivity index (χ0) is 17.8. The van der Waals surface area contributed by atoms with Crippen LogP contribution in [-0.2, 0) is 6.54 Å². The molecule has 6 heteroatoms. The fourth-order valence-electron chi connectivity index (χ4n) is 3.48. The molecule has 1 N–H and O–H groups in total. The summed E-state index contributed by atoms with van der Waals surface area (Å²) in [6, 6.07) is 13.3. The minimum Gasteiger partial charge on any atom is -0.309 e. The van der Waals surface area contributed by atoms with Gasteiger partial charge in [0, 0.05) is 19.3 Å². The highest BCUT2D eigenvalue weighted by atomic mass is 16.2. The molecule has 1 aliphatic heterocycles. The first kappa shape index (κ1) is 16.7. The number of carbonyl (C=O) groups excluding carboxylic acids is 1. The van der Waals surface area contributed by atoms with Crippen LogP contribution in [0.15, 0.2) is 48.7 Å². The van der Waals surface area contributed by atoms with E-state index in [4.69, 9.17) is 0 Å². The normalized spacial score (nSPS) is 15.2. The molecule has 1 fully saturated rings. The van der Waals surface area contributed by atoms with Gasteiger partial charge in [0.05, 0.1) is 11.0 Å². The maximum absolute atomic E-state index is 12.5. The fraction of sp³-hybridized carbons (Fsp3) is 0.350. The average molecular weight is 349 g/mol. The molecule has 26 heavy (non-hydrogen) atoms. The number of carbonyl (C=O) groups is 1. The summed E-state index contributed by atoms with van der Waals surface area (Å²) in [5.74, 6) is 0.346. The van der Waals surface area contributed by atoms with Gasteiger partial charge in [0.2, 0.25) is 5.95 Å². The first-order valence-corrected chi connectivity index (χ1v) is 9.21. The molecule has 0 radical (unpaired) electrons. The van der Waals surface area contributed by atoms with Crippen molar-refractivity contribution in [3.63, 3.8) is 0 Å². The fourth-order valence-corrected chi connectivity index (χ4v) is 3.48. The topological polar surface area (TPSA) is 63.1 Å². The number of pyridine rings is 1. The number of likely N-dealkylation sites (tertiary alicyclic amines) is 1. The number of amides is 1. The molecule has 1 aromatic carbocycles. The molecule has 0 unspecified atom stereocenters. The van der Waals surface area contributed by atoms with E-state index in [1.807, 2.05) is 18.2 Å². The summed E-state index contributed by atoms with van der Waals surface area (Å²) in [5.41, 5.74) is 2.32. The molecule has 2 aromatic heterocycles. The Morgan fingerprint density at radius 1 is 1.00 bits per heavy atom. The summed E-state index contributed by atoms with van der Waals surface area (Å²) in [7, 11) is 0. The number of hydrogen-bond acceptors (Lipinski definition) is 4. The Kier molecular flexibility index (Phi) is 4.93. The van der Waals surface area contributed by atoms with E-state index in [1.54, 1.807) is 24.4 Å². The van der Waals surface area contributed by atoms with Crippen molar-refractivity contribution < 1.29 is 4.79 Å². The molecule has 0 saturated carbocycles. The Morgan fingerprint density at radius 3 is 2.62 bits per heavy atom. The van der Waals surface area contributed by atoms with Crippen LogP contribution in [0, 0.1) is 0 Å². The zero-order valence-corrected chi connectivity index (χ0v) is 14.8. The number of piperidine rings is 1. The molecule has 4 rings (SSSR count). The molecule has 3 heterocycles. The molecule has 1 amide bonds. The van der Waals surface area contributed by atoms with E-state index in [0.29, 0.717) is 11.6 Å². The number of nitrogens with one attached hydrogen (secondary N) is 1. The van der Waals surface area contributed by atoms with Crippen molar-refractivity contribution in [2.45, 2.75) is 25.8 Å². The SMILES string of the molecule is O=C(Nc1nc2ccccc2n1CCN1CCCCC1)c1ccccn1. The van der Waals surface area contributed by atoms with E-state index in [2.05, 4.69) is 30.8 Å². The largest absolute Gasteiger partial charge is 0.309 e. The van der Waals surface area contributed by atoms with Gasteiger partial charge in [-0.1, -0.05) is 24.6 Å². The van der Waals surface area contributed by atoms with E-state index in [9.17, 15) is 4.79 Å². The number of anilines is 1. The highest BCUT2D eigenvalue weighted by Crippen LogP contribution is 2.20. The monoisotopic (exact) mass is 349 g/mol. The van der Waals surface area contributed by atoms with Gasteiger partial charge in [-0.15, -0.1) is 0 Å². The van der Waals surface area contributed by atoms with Crippen LogP contribution in [0.2, 0.25) is 0 Å². The summed E-state index contributed by atoms with van der Waals surface area (Å²) in [5, 5.41) is 2.94. The lowest BCUT2D eigenvalue weighted by Crippen LogP contribution is -2.32. The molecule has 1 saturated heterocycles. The summed E-state index contributed by atoms with van der Waals surface area (Å²) in [6.07, 6.45) is 5.49. The first-order valence-electron chi connectivity index (χ1n) is 9.21. The van der Waals surface area contributed by atoms with Crippen LogP contribution < -0.4 is 5.32 Å². The predicted octanol–water partition coefficient (Wildman–Crippen LogP) is 3.17. The second kappa shape index (κ2) is 7.66. The van der Waals surface area contributed by atoms with Gasteiger partial charge < -0.3 is 9.47 Å².